The van der Waals surface area contributed by atoms with Crippen LogP contribution in [-0.2, 0) is 45.4 Å². The van der Waals surface area contributed by atoms with Crippen LogP contribution in [0.5, 0.6) is 5.75 Å². The van der Waals surface area contributed by atoms with Crippen LogP contribution in [0.1, 0.15) is 60.2 Å². The molecule has 4 aromatic rings. The van der Waals surface area contributed by atoms with Crippen LogP contribution < -0.4 is 10.3 Å². The maximum Gasteiger partial charge on any atom is 0.303 e. The molecular weight excluding hydrogens is 544 g/mol. The van der Waals surface area contributed by atoms with E-state index in [1.165, 1.54) is 6.92 Å². The monoisotopic (exact) mass is 578 g/mol. The number of hydrogen-bond acceptors (Lipinski definition) is 7. The first-order valence-electron chi connectivity index (χ1n) is 14.1. The van der Waals surface area contributed by atoms with Gasteiger partial charge in [0.1, 0.15) is 17.4 Å². The molecular formula is C35H34N2O6. The summed E-state index contributed by atoms with van der Waals surface area (Å²) < 4.78 is 25.7. The van der Waals surface area contributed by atoms with Gasteiger partial charge >= 0.3 is 5.97 Å². The lowest BCUT2D eigenvalue weighted by Crippen LogP contribution is -2.54. The second kappa shape index (κ2) is 13.1. The van der Waals surface area contributed by atoms with E-state index in [1.54, 1.807) is 35.0 Å². The second-order valence-electron chi connectivity index (χ2n) is 11.1. The average molecular weight is 579 g/mol. The van der Waals surface area contributed by atoms with Crippen molar-refractivity contribution in [1.82, 2.24) is 4.57 Å². The Morgan fingerprint density at radius 3 is 2.07 bits per heavy atom. The van der Waals surface area contributed by atoms with Crippen LogP contribution in [0.2, 0.25) is 0 Å². The molecule has 0 saturated heterocycles. The summed E-state index contributed by atoms with van der Waals surface area (Å²) in [5.74, 6) is 0.0124. The number of rotatable bonds is 10. The lowest BCUT2D eigenvalue weighted by molar-refractivity contribution is -0.163. The summed E-state index contributed by atoms with van der Waals surface area (Å²) in [6.07, 6.45) is 0.891. The van der Waals surface area contributed by atoms with E-state index in [2.05, 4.69) is 6.07 Å². The van der Waals surface area contributed by atoms with Crippen LogP contribution in [0, 0.1) is 11.3 Å². The van der Waals surface area contributed by atoms with Crippen molar-refractivity contribution in [2.75, 3.05) is 0 Å². The lowest BCUT2D eigenvalue weighted by atomic mass is 9.85. The minimum atomic E-state index is -0.974. The summed E-state index contributed by atoms with van der Waals surface area (Å²) in [6, 6.07) is 27.7. The fourth-order valence-electron chi connectivity index (χ4n) is 5.33. The summed E-state index contributed by atoms with van der Waals surface area (Å²) >= 11 is 0. The number of ether oxygens (including phenoxy) is 4. The average Bonchev–Trinajstić information content (AvgIpc) is 2.99. The fourth-order valence-corrected chi connectivity index (χ4v) is 5.33. The molecule has 0 fully saturated rings. The molecule has 3 aromatic carbocycles. The Morgan fingerprint density at radius 2 is 1.49 bits per heavy atom. The van der Waals surface area contributed by atoms with E-state index in [0.717, 1.165) is 16.7 Å². The smallest absolute Gasteiger partial charge is 0.303 e. The van der Waals surface area contributed by atoms with Crippen molar-refractivity contribution in [1.29, 1.82) is 5.26 Å². The highest BCUT2D eigenvalue weighted by Gasteiger charge is 2.47. The topological polar surface area (TPSA) is 99.8 Å². The Hall–Kier alpha value is -4.71. The predicted octanol–water partition coefficient (Wildman–Crippen LogP) is 5.85. The van der Waals surface area contributed by atoms with Gasteiger partial charge in [0.2, 0.25) is 0 Å². The van der Waals surface area contributed by atoms with Gasteiger partial charge in [-0.3, -0.25) is 9.59 Å². The fraction of sp³-hybridized carbons (Fsp3) is 0.286. The largest absolute Gasteiger partial charge is 0.484 e. The minimum absolute atomic E-state index is 0.205. The molecule has 0 aliphatic carbocycles. The SMILES string of the molecule is CC(=O)O[C@H]1[C@H](n2cc(COCc3ccccc3)c(COCc3ccccc3)cc2=O)c2cc(C#N)ccc2OC1(C)C. The molecule has 0 unspecified atom stereocenters. The molecule has 5 rings (SSSR count). The molecule has 0 bridgehead atoms. The number of hydrogen-bond donors (Lipinski definition) is 0. The summed E-state index contributed by atoms with van der Waals surface area (Å²) in [4.78, 5) is 26.1. The van der Waals surface area contributed by atoms with Gasteiger partial charge in [0.25, 0.3) is 5.56 Å². The van der Waals surface area contributed by atoms with Gasteiger partial charge in [0.05, 0.1) is 38.1 Å². The van der Waals surface area contributed by atoms with Crippen molar-refractivity contribution in [3.8, 4) is 11.8 Å². The Labute approximate surface area is 251 Å². The number of carbonyl (C=O) groups is 1. The Morgan fingerprint density at radius 1 is 0.884 bits per heavy atom. The van der Waals surface area contributed by atoms with Crippen LogP contribution in [0.25, 0.3) is 0 Å². The van der Waals surface area contributed by atoms with E-state index in [1.807, 2.05) is 74.5 Å². The first-order chi connectivity index (χ1) is 20.7. The Bertz CT molecular complexity index is 1670. The van der Waals surface area contributed by atoms with E-state index in [4.69, 9.17) is 18.9 Å². The molecule has 43 heavy (non-hydrogen) atoms. The normalized spacial score (nSPS) is 16.9. The molecule has 1 aliphatic heterocycles. The number of nitrogens with zero attached hydrogens (tertiary/aromatic N) is 2. The van der Waals surface area contributed by atoms with Crippen molar-refractivity contribution < 1.29 is 23.7 Å². The molecule has 8 heteroatoms. The van der Waals surface area contributed by atoms with Gasteiger partial charge in [-0.2, -0.15) is 5.26 Å². The zero-order valence-corrected chi connectivity index (χ0v) is 24.5. The van der Waals surface area contributed by atoms with Crippen molar-refractivity contribution in [2.45, 2.75) is 64.9 Å². The van der Waals surface area contributed by atoms with Crippen LogP contribution in [0.15, 0.2) is 95.9 Å². The van der Waals surface area contributed by atoms with E-state index in [0.29, 0.717) is 35.7 Å². The molecule has 0 N–H and O–H groups in total. The third-order valence-corrected chi connectivity index (χ3v) is 7.39. The summed E-state index contributed by atoms with van der Waals surface area (Å²) in [6.45, 7) is 6.16. The second-order valence-corrected chi connectivity index (χ2v) is 11.1. The number of fused-ring (bicyclic) bond motifs is 1. The zero-order valence-electron chi connectivity index (χ0n) is 24.5. The number of carbonyl (C=O) groups excluding carboxylic acids is 1. The highest BCUT2D eigenvalue weighted by atomic mass is 16.6. The molecule has 0 saturated carbocycles. The summed E-state index contributed by atoms with van der Waals surface area (Å²) in [5, 5.41) is 9.63. The van der Waals surface area contributed by atoms with Gasteiger partial charge in [0.15, 0.2) is 6.10 Å². The first-order valence-corrected chi connectivity index (χ1v) is 14.1. The quantitative estimate of drug-likeness (QED) is 0.218. The van der Waals surface area contributed by atoms with Crippen molar-refractivity contribution in [3.05, 3.63) is 135 Å². The molecule has 0 radical (unpaired) electrons. The van der Waals surface area contributed by atoms with Crippen molar-refractivity contribution >= 4 is 5.97 Å². The van der Waals surface area contributed by atoms with Gasteiger partial charge in [-0.25, -0.2) is 0 Å². The number of aromatic nitrogens is 1. The Balaban J connectivity index is 1.55. The van der Waals surface area contributed by atoms with Gasteiger partial charge in [-0.15, -0.1) is 0 Å². The molecule has 1 aliphatic rings. The molecule has 8 nitrogen and oxygen atoms in total. The molecule has 2 atom stereocenters. The van der Waals surface area contributed by atoms with Crippen LogP contribution >= 0.6 is 0 Å². The molecule has 220 valence electrons. The van der Waals surface area contributed by atoms with Gasteiger partial charge < -0.3 is 23.5 Å². The van der Waals surface area contributed by atoms with Gasteiger partial charge in [-0.1, -0.05) is 60.7 Å². The molecule has 2 heterocycles. The van der Waals surface area contributed by atoms with E-state index in [-0.39, 0.29) is 18.8 Å². The number of esters is 1. The van der Waals surface area contributed by atoms with Crippen molar-refractivity contribution in [3.63, 3.8) is 0 Å². The van der Waals surface area contributed by atoms with E-state index >= 15 is 0 Å². The highest BCUT2D eigenvalue weighted by molar-refractivity contribution is 5.66. The van der Waals surface area contributed by atoms with Crippen molar-refractivity contribution in [2.24, 2.45) is 0 Å². The standard InChI is InChI=1S/C35H34N2O6/c1-24(38)42-34-33(30-16-27(18-36)14-15-31(30)43-35(34,2)3)37-19-29(23-41-21-26-12-8-5-9-13-26)28(17-32(37)39)22-40-20-25-10-6-4-7-11-25/h4-17,19,33-34H,20-23H2,1-3H3/t33-,34+/m1/s1. The third kappa shape index (κ3) is 7.03. The van der Waals surface area contributed by atoms with E-state index in [9.17, 15) is 14.9 Å². The maximum atomic E-state index is 13.8. The Kier molecular flexibility index (Phi) is 9.05. The zero-order chi connectivity index (χ0) is 30.4. The number of pyridine rings is 1. The third-order valence-electron chi connectivity index (χ3n) is 7.39. The van der Waals surface area contributed by atoms with Gasteiger partial charge in [0, 0.05) is 24.8 Å². The number of nitriles is 1. The van der Waals surface area contributed by atoms with Crippen LogP contribution in [-0.4, -0.2) is 22.2 Å². The molecule has 1 aromatic heterocycles. The van der Waals surface area contributed by atoms with Crippen LogP contribution in [0.3, 0.4) is 0 Å². The lowest BCUT2D eigenvalue weighted by Gasteiger charge is -2.44. The maximum absolute atomic E-state index is 13.8. The highest BCUT2D eigenvalue weighted by Crippen LogP contribution is 2.43. The first kappa shape index (κ1) is 29.8. The summed E-state index contributed by atoms with van der Waals surface area (Å²) in [5.41, 5.74) is 3.21. The predicted molar refractivity (Wildman–Crippen MR) is 160 cm³/mol. The summed E-state index contributed by atoms with van der Waals surface area (Å²) in [7, 11) is 0. The molecule has 0 amide bonds. The minimum Gasteiger partial charge on any atom is -0.484 e. The van der Waals surface area contributed by atoms with E-state index < -0.39 is 23.7 Å². The molecule has 0 spiro atoms. The number of benzene rings is 3. The van der Waals surface area contributed by atoms with Gasteiger partial charge in [-0.05, 0) is 54.3 Å². The van der Waals surface area contributed by atoms with Crippen LogP contribution in [0.4, 0.5) is 0 Å².